The van der Waals surface area contributed by atoms with Crippen molar-refractivity contribution in [3.05, 3.63) is 11.7 Å². The van der Waals surface area contributed by atoms with E-state index < -0.39 is 0 Å². The molecule has 2 N–H and O–H groups in total. The lowest BCUT2D eigenvalue weighted by Gasteiger charge is -2.21. The molecule has 1 fully saturated rings. The second-order valence-electron chi connectivity index (χ2n) is 4.15. The van der Waals surface area contributed by atoms with Crippen molar-refractivity contribution in [3.63, 3.8) is 0 Å². The lowest BCUT2D eigenvalue weighted by molar-refractivity contribution is -0.124. The van der Waals surface area contributed by atoms with E-state index in [4.69, 9.17) is 9.26 Å². The van der Waals surface area contributed by atoms with Crippen LogP contribution in [0.25, 0.3) is 0 Å². The van der Waals surface area contributed by atoms with Crippen molar-refractivity contribution in [1.29, 1.82) is 0 Å². The molecule has 2 atom stereocenters. The Hall–Kier alpha value is -1.47. The molecule has 0 radical (unpaired) electrons. The molecule has 18 heavy (non-hydrogen) atoms. The molecule has 0 aromatic carbocycles. The first kappa shape index (κ1) is 13.0. The van der Waals surface area contributed by atoms with Gasteiger partial charge >= 0.3 is 0 Å². The summed E-state index contributed by atoms with van der Waals surface area (Å²) in [4.78, 5) is 15.8. The molecule has 100 valence electrons. The molecule has 7 nitrogen and oxygen atoms in total. The van der Waals surface area contributed by atoms with Crippen molar-refractivity contribution >= 4 is 5.91 Å². The Morgan fingerprint density at radius 3 is 3.11 bits per heavy atom. The van der Waals surface area contributed by atoms with Crippen LogP contribution in [0.5, 0.6) is 0 Å². The number of nitrogens with one attached hydrogen (secondary N) is 2. The van der Waals surface area contributed by atoms with E-state index in [1.54, 1.807) is 0 Å². The number of ether oxygens (including phenoxy) is 1. The summed E-state index contributed by atoms with van der Waals surface area (Å²) in [6, 6.07) is -0.297. The molecule has 0 spiro atoms. The van der Waals surface area contributed by atoms with Gasteiger partial charge in [-0.2, -0.15) is 4.98 Å². The summed E-state index contributed by atoms with van der Waals surface area (Å²) < 4.78 is 10.5. The van der Waals surface area contributed by atoms with E-state index >= 15 is 0 Å². The number of nitrogens with zero attached hydrogens (tertiary/aromatic N) is 2. The van der Waals surface area contributed by atoms with E-state index in [2.05, 4.69) is 20.8 Å². The maximum atomic E-state index is 11.6. The molecule has 1 saturated heterocycles. The average molecular weight is 254 g/mol. The summed E-state index contributed by atoms with van der Waals surface area (Å²) >= 11 is 0. The van der Waals surface area contributed by atoms with Crippen LogP contribution in [0.2, 0.25) is 0 Å². The van der Waals surface area contributed by atoms with Gasteiger partial charge in [0.15, 0.2) is 5.82 Å². The van der Waals surface area contributed by atoms with Crippen molar-refractivity contribution < 1.29 is 14.1 Å². The topological polar surface area (TPSA) is 89.3 Å². The van der Waals surface area contributed by atoms with Crippen LogP contribution < -0.4 is 10.6 Å². The van der Waals surface area contributed by atoms with Crippen molar-refractivity contribution in [1.82, 2.24) is 20.8 Å². The Morgan fingerprint density at radius 2 is 2.39 bits per heavy atom. The van der Waals surface area contributed by atoms with Crippen LogP contribution in [0.4, 0.5) is 0 Å². The molecule has 1 aliphatic rings. The van der Waals surface area contributed by atoms with Crippen LogP contribution in [0.1, 0.15) is 31.7 Å². The zero-order chi connectivity index (χ0) is 13.0. The molecule has 2 unspecified atom stereocenters. The van der Waals surface area contributed by atoms with Crippen LogP contribution in [0.15, 0.2) is 4.52 Å². The minimum Gasteiger partial charge on any atom is -0.371 e. The zero-order valence-electron chi connectivity index (χ0n) is 10.6. The molecule has 0 aliphatic carbocycles. The second-order valence-corrected chi connectivity index (χ2v) is 4.15. The molecular formula is C11H18N4O3. The first-order valence-electron chi connectivity index (χ1n) is 6.16. The number of carbonyl (C=O) groups is 1. The maximum Gasteiger partial charge on any atom is 0.237 e. The van der Waals surface area contributed by atoms with Gasteiger partial charge in [-0.1, -0.05) is 5.16 Å². The standard InChI is InChI=1S/C11H18N4O3/c1-3-17-7(2)10-14-9(18-15-10)6-8-11(16)13-5-4-12-8/h7-8,12H,3-6H2,1-2H3,(H,13,16). The van der Waals surface area contributed by atoms with E-state index in [1.165, 1.54) is 0 Å². The number of hydrogen-bond donors (Lipinski definition) is 2. The molecule has 0 bridgehead atoms. The van der Waals surface area contributed by atoms with Gasteiger partial charge < -0.3 is 19.9 Å². The van der Waals surface area contributed by atoms with Gasteiger partial charge in [-0.05, 0) is 13.8 Å². The monoisotopic (exact) mass is 254 g/mol. The number of amides is 1. The largest absolute Gasteiger partial charge is 0.371 e. The van der Waals surface area contributed by atoms with Crippen molar-refractivity contribution in [2.24, 2.45) is 0 Å². The molecule has 2 heterocycles. The summed E-state index contributed by atoms with van der Waals surface area (Å²) in [7, 11) is 0. The molecule has 2 rings (SSSR count). The van der Waals surface area contributed by atoms with Gasteiger partial charge in [0.05, 0.1) is 12.5 Å². The SMILES string of the molecule is CCOC(C)c1noc(CC2NCCNC2=O)n1. The highest BCUT2D eigenvalue weighted by atomic mass is 16.5. The fourth-order valence-electron chi connectivity index (χ4n) is 1.83. The number of aromatic nitrogens is 2. The number of rotatable bonds is 5. The maximum absolute atomic E-state index is 11.6. The van der Waals surface area contributed by atoms with Gasteiger partial charge in [-0.25, -0.2) is 0 Å². The number of hydrogen-bond acceptors (Lipinski definition) is 6. The number of piperazine rings is 1. The van der Waals surface area contributed by atoms with E-state index in [1.807, 2.05) is 13.8 Å². The molecule has 1 aromatic heterocycles. The quantitative estimate of drug-likeness (QED) is 0.756. The van der Waals surface area contributed by atoms with Crippen LogP contribution in [-0.2, 0) is 16.0 Å². The normalized spacial score (nSPS) is 21.7. The van der Waals surface area contributed by atoms with Crippen molar-refractivity contribution in [2.45, 2.75) is 32.4 Å². The lowest BCUT2D eigenvalue weighted by atomic mass is 10.1. The van der Waals surface area contributed by atoms with Crippen LogP contribution in [-0.4, -0.2) is 41.8 Å². The lowest BCUT2D eigenvalue weighted by Crippen LogP contribution is -2.53. The smallest absolute Gasteiger partial charge is 0.237 e. The molecular weight excluding hydrogens is 236 g/mol. The molecule has 0 saturated carbocycles. The van der Waals surface area contributed by atoms with Gasteiger partial charge in [0.1, 0.15) is 6.10 Å². The fraction of sp³-hybridized carbons (Fsp3) is 0.727. The highest BCUT2D eigenvalue weighted by Crippen LogP contribution is 2.13. The van der Waals surface area contributed by atoms with E-state index in [0.29, 0.717) is 31.3 Å². The first-order chi connectivity index (χ1) is 8.70. The van der Waals surface area contributed by atoms with Gasteiger partial charge in [0, 0.05) is 19.7 Å². The zero-order valence-corrected chi connectivity index (χ0v) is 10.6. The fourth-order valence-corrected chi connectivity index (χ4v) is 1.83. The van der Waals surface area contributed by atoms with E-state index in [9.17, 15) is 4.79 Å². The van der Waals surface area contributed by atoms with E-state index in [-0.39, 0.29) is 18.1 Å². The summed E-state index contributed by atoms with van der Waals surface area (Å²) in [6.45, 7) is 5.79. The van der Waals surface area contributed by atoms with Gasteiger partial charge in [-0.3, -0.25) is 4.79 Å². The minimum absolute atomic E-state index is 0.0288. The Balaban J connectivity index is 1.95. The predicted molar refractivity (Wildman–Crippen MR) is 62.8 cm³/mol. The Bertz CT molecular complexity index is 407. The van der Waals surface area contributed by atoms with Gasteiger partial charge in [-0.15, -0.1) is 0 Å². The highest BCUT2D eigenvalue weighted by molar-refractivity contribution is 5.82. The third-order valence-corrected chi connectivity index (χ3v) is 2.77. The van der Waals surface area contributed by atoms with E-state index in [0.717, 1.165) is 6.54 Å². The average Bonchev–Trinajstić information content (AvgIpc) is 2.81. The van der Waals surface area contributed by atoms with Crippen LogP contribution in [0.3, 0.4) is 0 Å². The molecule has 1 aromatic rings. The van der Waals surface area contributed by atoms with Crippen LogP contribution in [0, 0.1) is 0 Å². The third kappa shape index (κ3) is 3.05. The molecule has 1 aliphatic heterocycles. The Kier molecular flexibility index (Phi) is 4.27. The van der Waals surface area contributed by atoms with Crippen molar-refractivity contribution in [3.8, 4) is 0 Å². The molecule has 7 heteroatoms. The van der Waals surface area contributed by atoms with Crippen molar-refractivity contribution in [2.75, 3.05) is 19.7 Å². The first-order valence-corrected chi connectivity index (χ1v) is 6.16. The predicted octanol–water partition coefficient (Wildman–Crippen LogP) is -0.202. The second kappa shape index (κ2) is 5.92. The Labute approximate surface area is 105 Å². The summed E-state index contributed by atoms with van der Waals surface area (Å²) in [5.41, 5.74) is 0. The Morgan fingerprint density at radius 1 is 1.56 bits per heavy atom. The summed E-state index contributed by atoms with van der Waals surface area (Å²) in [5.74, 6) is 0.938. The third-order valence-electron chi connectivity index (χ3n) is 2.77. The number of carbonyl (C=O) groups excluding carboxylic acids is 1. The van der Waals surface area contributed by atoms with Gasteiger partial charge in [0.25, 0.3) is 0 Å². The minimum atomic E-state index is -0.297. The summed E-state index contributed by atoms with van der Waals surface area (Å²) in [5, 5.41) is 9.75. The summed E-state index contributed by atoms with van der Waals surface area (Å²) in [6.07, 6.45) is 0.207. The highest BCUT2D eigenvalue weighted by Gasteiger charge is 2.24. The van der Waals surface area contributed by atoms with Gasteiger partial charge in [0.2, 0.25) is 11.8 Å². The molecule has 1 amide bonds. The van der Waals surface area contributed by atoms with Crippen LogP contribution >= 0.6 is 0 Å².